The Balaban J connectivity index is 1.18. The largest absolute Gasteiger partial charge is 0.459 e. The molecule has 0 amide bonds. The fourth-order valence-electron chi connectivity index (χ4n) is 8.83. The number of carbonyl (C=O) groups is 7. The molecule has 0 spiro atoms. The molecule has 0 saturated carbocycles. The third kappa shape index (κ3) is 13.8. The highest BCUT2D eigenvalue weighted by molar-refractivity contribution is 5.93. The Morgan fingerprint density at radius 1 is 0.304 bits per heavy atom. The molecule has 79 heavy (non-hydrogen) atoms. The van der Waals surface area contributed by atoms with E-state index in [2.05, 4.69) is 0 Å². The summed E-state index contributed by atoms with van der Waals surface area (Å²) in [7, 11) is 0. The summed E-state index contributed by atoms with van der Waals surface area (Å²) in [5.41, 5.74) is 0.662. The third-order valence-corrected chi connectivity index (χ3v) is 12.8. The van der Waals surface area contributed by atoms with Crippen molar-refractivity contribution in [1.82, 2.24) is 0 Å². The molecule has 9 rings (SSSR count). The van der Waals surface area contributed by atoms with Crippen molar-refractivity contribution < 1.29 is 80.9 Å². The lowest BCUT2D eigenvalue weighted by molar-refractivity contribution is -0.338. The second kappa shape index (κ2) is 26.2. The first-order valence-corrected chi connectivity index (χ1v) is 25.2. The molecule has 2 saturated heterocycles. The normalized spacial score (nSPS) is 22.4. The van der Waals surface area contributed by atoms with Crippen LogP contribution in [0.2, 0.25) is 0 Å². The molecule has 7 aromatic carbocycles. The minimum absolute atomic E-state index is 0.0224. The van der Waals surface area contributed by atoms with Crippen molar-refractivity contribution in [3.8, 4) is 0 Å². The van der Waals surface area contributed by atoms with E-state index in [9.17, 15) is 33.6 Å². The molecule has 2 fully saturated rings. The summed E-state index contributed by atoms with van der Waals surface area (Å²) in [5, 5.41) is 0. The summed E-state index contributed by atoms with van der Waals surface area (Å²) in [4.78, 5) is 99.0. The van der Waals surface area contributed by atoms with Crippen molar-refractivity contribution in [2.24, 2.45) is 0 Å². The van der Waals surface area contributed by atoms with Gasteiger partial charge in [0.2, 0.25) is 0 Å². The monoisotopic (exact) mass is 1070 g/mol. The van der Waals surface area contributed by atoms with Crippen molar-refractivity contribution in [3.63, 3.8) is 0 Å². The summed E-state index contributed by atoms with van der Waals surface area (Å²) >= 11 is 0. The highest BCUT2D eigenvalue weighted by Gasteiger charge is 2.58. The van der Waals surface area contributed by atoms with Crippen molar-refractivity contribution in [1.29, 1.82) is 0 Å². The van der Waals surface area contributed by atoms with Crippen LogP contribution in [0.15, 0.2) is 212 Å². The van der Waals surface area contributed by atoms with Crippen LogP contribution in [0, 0.1) is 0 Å². The highest BCUT2D eigenvalue weighted by atomic mass is 16.8. The van der Waals surface area contributed by atoms with Crippen molar-refractivity contribution >= 4 is 41.8 Å². The van der Waals surface area contributed by atoms with Crippen LogP contribution in [0.25, 0.3) is 0 Å². The lowest BCUT2D eigenvalue weighted by atomic mass is 9.93. The molecule has 0 bridgehead atoms. The Hall–Kier alpha value is -9.29. The van der Waals surface area contributed by atoms with E-state index in [1.165, 1.54) is 84.9 Å². The van der Waals surface area contributed by atoms with Gasteiger partial charge in [-0.1, -0.05) is 127 Å². The SMILES string of the molecule is CC1OC(COC(=O)c2ccccc2)C(OC2OC(COC(=O)c3ccccc3)C(OC(=O)c3ccccc3)C(OC(=O)c3ccccc3)C2OC(=O)c2ccccc2)C(OC(=O)c2ccccc2)C1OC(=O)c1ccccc1. The number of benzene rings is 7. The summed E-state index contributed by atoms with van der Waals surface area (Å²) in [6.45, 7) is 0.252. The number of rotatable bonds is 18. The first kappa shape index (κ1) is 54.5. The molecule has 0 aliphatic carbocycles. The maximum atomic E-state index is 14.5. The quantitative estimate of drug-likeness (QED) is 0.0581. The molecule has 0 N–H and O–H groups in total. The minimum atomic E-state index is -1.99. The van der Waals surface area contributed by atoms with Crippen LogP contribution in [0.4, 0.5) is 0 Å². The van der Waals surface area contributed by atoms with Crippen LogP contribution in [-0.2, 0) is 47.4 Å². The average Bonchev–Trinajstić information content (AvgIpc) is 3.61. The number of esters is 7. The summed E-state index contributed by atoms with van der Waals surface area (Å²) in [5.74, 6) is -6.24. The van der Waals surface area contributed by atoms with Gasteiger partial charge in [-0.2, -0.15) is 0 Å². The van der Waals surface area contributed by atoms with Crippen LogP contribution >= 0.6 is 0 Å². The molecule has 7 aromatic rings. The van der Waals surface area contributed by atoms with E-state index in [-0.39, 0.29) is 38.9 Å². The Kier molecular flexibility index (Phi) is 18.1. The van der Waals surface area contributed by atoms with Gasteiger partial charge in [0.1, 0.15) is 31.5 Å². The first-order valence-electron chi connectivity index (χ1n) is 25.2. The summed E-state index contributed by atoms with van der Waals surface area (Å²) < 4.78 is 63.3. The van der Waals surface area contributed by atoms with Crippen LogP contribution in [0.1, 0.15) is 79.4 Å². The van der Waals surface area contributed by atoms with Gasteiger partial charge in [-0.3, -0.25) is 0 Å². The average molecular weight is 1070 g/mol. The second-order valence-electron chi connectivity index (χ2n) is 18.1. The minimum Gasteiger partial charge on any atom is -0.459 e. The molecular weight excluding hydrogens is 1020 g/mol. The molecule has 0 aromatic heterocycles. The number of ether oxygens (including phenoxy) is 10. The van der Waals surface area contributed by atoms with E-state index >= 15 is 0 Å². The Morgan fingerprint density at radius 3 is 0.886 bits per heavy atom. The zero-order valence-corrected chi connectivity index (χ0v) is 42.3. The zero-order valence-electron chi connectivity index (χ0n) is 42.3. The molecule has 0 radical (unpaired) electrons. The predicted molar refractivity (Wildman–Crippen MR) is 280 cm³/mol. The van der Waals surface area contributed by atoms with Crippen molar-refractivity contribution in [3.05, 3.63) is 251 Å². The van der Waals surface area contributed by atoms with E-state index < -0.39 is 116 Å². The molecular formula is C62H52O17. The molecule has 2 aliphatic heterocycles. The number of hydrogen-bond donors (Lipinski definition) is 0. The third-order valence-electron chi connectivity index (χ3n) is 12.8. The van der Waals surface area contributed by atoms with E-state index in [1.54, 1.807) is 134 Å². The van der Waals surface area contributed by atoms with Crippen LogP contribution in [-0.4, -0.2) is 116 Å². The molecule has 17 heteroatoms. The zero-order chi connectivity index (χ0) is 55.1. The van der Waals surface area contributed by atoms with E-state index in [0.717, 1.165) is 0 Å². The molecule has 2 aliphatic rings. The van der Waals surface area contributed by atoms with Gasteiger partial charge in [0.15, 0.2) is 36.8 Å². The fraction of sp³-hybridized carbons (Fsp3) is 0.210. The Labute approximate surface area is 453 Å². The summed E-state index contributed by atoms with van der Waals surface area (Å²) in [6, 6.07) is 55.3. The van der Waals surface area contributed by atoms with Gasteiger partial charge >= 0.3 is 41.8 Å². The maximum Gasteiger partial charge on any atom is 0.338 e. The standard InChI is InChI=1S/C62H52O17/c1-39-49(74-57(65)42-27-13-4-14-28-42)52(76-59(67)44-31-17-6-18-32-44)51(47(72-39)37-70-55(63)40-23-9-2-10-24-40)79-62-54(78-61(69)46-35-21-8-22-36-46)53(77-60(68)45-33-19-7-20-34-45)50(75-58(66)43-29-15-5-16-30-43)48(73-62)38-71-56(64)41-25-11-3-12-26-41/h2-36,39,47-54,62H,37-38H2,1H3. The van der Waals surface area contributed by atoms with Crippen molar-refractivity contribution in [2.45, 2.75) is 68.1 Å². The topological polar surface area (TPSA) is 212 Å². The Morgan fingerprint density at radius 2 is 0.557 bits per heavy atom. The van der Waals surface area contributed by atoms with Crippen LogP contribution in [0.3, 0.4) is 0 Å². The van der Waals surface area contributed by atoms with Gasteiger partial charge in [-0.25, -0.2) is 33.6 Å². The lowest BCUT2D eigenvalue weighted by Gasteiger charge is -2.48. The first-order chi connectivity index (χ1) is 38.5. The summed E-state index contributed by atoms with van der Waals surface area (Å²) in [6.07, 6.45) is -16.6. The highest BCUT2D eigenvalue weighted by Crippen LogP contribution is 2.37. The van der Waals surface area contributed by atoms with E-state index in [0.29, 0.717) is 0 Å². The number of hydrogen-bond acceptors (Lipinski definition) is 17. The van der Waals surface area contributed by atoms with Gasteiger partial charge in [-0.15, -0.1) is 0 Å². The van der Waals surface area contributed by atoms with Crippen molar-refractivity contribution in [2.75, 3.05) is 13.2 Å². The van der Waals surface area contributed by atoms with Gasteiger partial charge in [0.25, 0.3) is 0 Å². The second-order valence-corrected chi connectivity index (χ2v) is 18.1. The van der Waals surface area contributed by atoms with Gasteiger partial charge in [-0.05, 0) is 91.9 Å². The predicted octanol–water partition coefficient (Wildman–Crippen LogP) is 8.73. The molecule has 17 nitrogen and oxygen atoms in total. The molecule has 402 valence electrons. The molecule has 10 atom stereocenters. The maximum absolute atomic E-state index is 14.5. The molecule has 2 heterocycles. The van der Waals surface area contributed by atoms with E-state index in [1.807, 2.05) is 0 Å². The van der Waals surface area contributed by atoms with Gasteiger partial charge in [0.05, 0.1) is 45.0 Å². The molecule has 10 unspecified atom stereocenters. The van der Waals surface area contributed by atoms with Gasteiger partial charge in [0, 0.05) is 0 Å². The number of carbonyl (C=O) groups excluding carboxylic acids is 7. The van der Waals surface area contributed by atoms with Crippen LogP contribution < -0.4 is 0 Å². The Bertz CT molecular complexity index is 3170. The smallest absolute Gasteiger partial charge is 0.338 e. The van der Waals surface area contributed by atoms with E-state index in [4.69, 9.17) is 47.4 Å². The lowest BCUT2D eigenvalue weighted by Crippen LogP contribution is -2.67. The fourth-order valence-corrected chi connectivity index (χ4v) is 8.83. The van der Waals surface area contributed by atoms with Crippen LogP contribution in [0.5, 0.6) is 0 Å². The van der Waals surface area contributed by atoms with Gasteiger partial charge < -0.3 is 47.4 Å².